The predicted octanol–water partition coefficient (Wildman–Crippen LogP) is 5.54. The van der Waals surface area contributed by atoms with Crippen molar-refractivity contribution < 1.29 is 9.53 Å². The highest BCUT2D eigenvalue weighted by Gasteiger charge is 2.11. The number of carbonyl (C=O) groups is 1. The topological polar surface area (TPSA) is 62.1 Å². The Kier molecular flexibility index (Phi) is 7.12. The number of benzene rings is 2. The molecule has 0 saturated carbocycles. The van der Waals surface area contributed by atoms with E-state index in [2.05, 4.69) is 27.9 Å². The van der Waals surface area contributed by atoms with Gasteiger partial charge in [-0.3, -0.25) is 4.79 Å². The molecule has 2 rings (SSSR count). The minimum atomic E-state index is -0.523. The summed E-state index contributed by atoms with van der Waals surface area (Å²) < 4.78 is 6.37. The number of amides is 1. The lowest BCUT2D eigenvalue weighted by Crippen LogP contribution is -2.13. The van der Waals surface area contributed by atoms with Crippen LogP contribution in [0.2, 0.25) is 10.0 Å². The van der Waals surface area contributed by atoms with E-state index in [4.69, 9.17) is 27.9 Å². The Morgan fingerprint density at radius 3 is 2.64 bits per heavy atom. The van der Waals surface area contributed by atoms with E-state index in [-0.39, 0.29) is 5.57 Å². The van der Waals surface area contributed by atoms with Crippen LogP contribution in [0.4, 0.5) is 5.69 Å². The number of hydrogen-bond donors (Lipinski definition) is 1. The van der Waals surface area contributed by atoms with Gasteiger partial charge in [0.1, 0.15) is 17.4 Å². The van der Waals surface area contributed by atoms with Gasteiger partial charge in [0, 0.05) is 5.69 Å². The molecule has 0 aromatic heterocycles. The first-order chi connectivity index (χ1) is 11.9. The molecule has 0 saturated heterocycles. The van der Waals surface area contributed by atoms with E-state index in [1.165, 1.54) is 12.1 Å². The normalized spacial score (nSPS) is 10.9. The number of rotatable bonds is 5. The van der Waals surface area contributed by atoms with E-state index in [0.717, 1.165) is 14.9 Å². The number of nitrogens with one attached hydrogen (secondary N) is 1. The second-order valence-electron chi connectivity index (χ2n) is 4.88. The molecule has 0 aliphatic carbocycles. The molecule has 0 atom stereocenters. The van der Waals surface area contributed by atoms with Crippen molar-refractivity contribution in [2.24, 2.45) is 0 Å². The summed E-state index contributed by atoms with van der Waals surface area (Å²) in [5.74, 6) is 0.240. The first-order valence-electron chi connectivity index (χ1n) is 7.25. The van der Waals surface area contributed by atoms with Gasteiger partial charge in [-0.2, -0.15) is 5.26 Å². The molecule has 0 unspecified atom stereocenters. The van der Waals surface area contributed by atoms with Gasteiger partial charge in [-0.15, -0.1) is 0 Å². The fourth-order valence-electron chi connectivity index (χ4n) is 1.97. The zero-order valence-electron chi connectivity index (χ0n) is 13.1. The maximum Gasteiger partial charge on any atom is 0.266 e. The van der Waals surface area contributed by atoms with Gasteiger partial charge < -0.3 is 10.1 Å². The van der Waals surface area contributed by atoms with Crippen molar-refractivity contribution in [2.75, 3.05) is 11.9 Å². The van der Waals surface area contributed by atoms with Gasteiger partial charge in [-0.25, -0.2) is 0 Å². The molecule has 0 bridgehead atoms. The summed E-state index contributed by atoms with van der Waals surface area (Å²) in [6, 6.07) is 12.1. The average molecular weight is 487 g/mol. The summed E-state index contributed by atoms with van der Waals surface area (Å²) in [6.45, 7) is 2.48. The molecule has 2 aromatic carbocycles. The van der Waals surface area contributed by atoms with Gasteiger partial charge in [0.15, 0.2) is 0 Å². The zero-order chi connectivity index (χ0) is 18.4. The fraction of sp³-hybridized carbons (Fsp3) is 0.111. The molecular formula is C18H13Cl2IN2O2. The van der Waals surface area contributed by atoms with Crippen molar-refractivity contribution in [1.82, 2.24) is 0 Å². The molecule has 0 heterocycles. The van der Waals surface area contributed by atoms with Gasteiger partial charge in [-0.05, 0) is 71.5 Å². The van der Waals surface area contributed by atoms with Crippen molar-refractivity contribution in [1.29, 1.82) is 5.26 Å². The number of hydrogen-bond acceptors (Lipinski definition) is 3. The Bertz CT molecular complexity index is 876. The third-order valence-corrected chi connectivity index (χ3v) is 4.69. The molecule has 1 amide bonds. The highest BCUT2D eigenvalue weighted by molar-refractivity contribution is 14.1. The summed E-state index contributed by atoms with van der Waals surface area (Å²) in [5, 5.41) is 12.6. The molecule has 0 fully saturated rings. The minimum Gasteiger partial charge on any atom is -0.493 e. The molecule has 25 heavy (non-hydrogen) atoms. The molecule has 0 radical (unpaired) electrons. The first kappa shape index (κ1) is 19.6. The van der Waals surface area contributed by atoms with E-state index < -0.39 is 5.91 Å². The maximum atomic E-state index is 12.3. The summed E-state index contributed by atoms with van der Waals surface area (Å²) >= 11 is 13.9. The summed E-state index contributed by atoms with van der Waals surface area (Å²) in [7, 11) is 0. The molecule has 1 N–H and O–H groups in total. The van der Waals surface area contributed by atoms with Crippen LogP contribution in [-0.4, -0.2) is 12.5 Å². The van der Waals surface area contributed by atoms with Crippen LogP contribution in [0, 0.1) is 14.9 Å². The van der Waals surface area contributed by atoms with E-state index in [9.17, 15) is 10.1 Å². The molecular weight excluding hydrogens is 474 g/mol. The van der Waals surface area contributed by atoms with Crippen LogP contribution in [0.3, 0.4) is 0 Å². The van der Waals surface area contributed by atoms with Crippen molar-refractivity contribution in [3.8, 4) is 11.8 Å². The summed E-state index contributed by atoms with van der Waals surface area (Å²) in [6.07, 6.45) is 1.52. The minimum absolute atomic E-state index is 0.0222. The second kappa shape index (κ2) is 9.09. The van der Waals surface area contributed by atoms with Crippen molar-refractivity contribution in [3.05, 3.63) is 61.2 Å². The molecule has 4 nitrogen and oxygen atoms in total. The third kappa shape index (κ3) is 5.36. The van der Waals surface area contributed by atoms with Crippen molar-refractivity contribution >= 4 is 63.5 Å². The smallest absolute Gasteiger partial charge is 0.266 e. The van der Waals surface area contributed by atoms with Crippen molar-refractivity contribution in [3.63, 3.8) is 0 Å². The van der Waals surface area contributed by atoms with E-state index in [1.54, 1.807) is 18.2 Å². The first-order valence-corrected chi connectivity index (χ1v) is 9.08. The lowest BCUT2D eigenvalue weighted by Gasteiger charge is -2.07. The van der Waals surface area contributed by atoms with Crippen LogP contribution in [0.5, 0.6) is 5.75 Å². The Labute approximate surface area is 169 Å². The van der Waals surface area contributed by atoms with Gasteiger partial charge in [0.2, 0.25) is 0 Å². The van der Waals surface area contributed by atoms with Crippen LogP contribution in [0.25, 0.3) is 6.08 Å². The van der Waals surface area contributed by atoms with Gasteiger partial charge in [0.25, 0.3) is 5.91 Å². The van der Waals surface area contributed by atoms with Crippen LogP contribution in [-0.2, 0) is 4.79 Å². The molecule has 0 aliphatic rings. The largest absolute Gasteiger partial charge is 0.493 e. The lowest BCUT2D eigenvalue weighted by atomic mass is 10.1. The number of carbonyl (C=O) groups excluding carboxylic acids is 1. The van der Waals surface area contributed by atoms with Crippen LogP contribution in [0.15, 0.2) is 42.0 Å². The highest BCUT2D eigenvalue weighted by Crippen LogP contribution is 2.26. The van der Waals surface area contributed by atoms with Gasteiger partial charge in [0.05, 0.1) is 20.2 Å². The molecule has 128 valence electrons. The Balaban J connectivity index is 2.21. The average Bonchev–Trinajstić information content (AvgIpc) is 2.58. The van der Waals surface area contributed by atoms with E-state index in [1.807, 2.05) is 25.1 Å². The quantitative estimate of drug-likeness (QED) is 0.342. The number of nitrogens with zero attached hydrogens (tertiary/aromatic N) is 1. The van der Waals surface area contributed by atoms with Gasteiger partial charge in [-0.1, -0.05) is 29.3 Å². The van der Waals surface area contributed by atoms with Crippen LogP contribution in [0.1, 0.15) is 12.5 Å². The Hall–Kier alpha value is -1.75. The zero-order valence-corrected chi connectivity index (χ0v) is 16.8. The number of nitriles is 1. The van der Waals surface area contributed by atoms with Gasteiger partial charge >= 0.3 is 0 Å². The summed E-state index contributed by atoms with van der Waals surface area (Å²) in [4.78, 5) is 12.3. The number of halogens is 3. The van der Waals surface area contributed by atoms with Crippen molar-refractivity contribution in [2.45, 2.75) is 6.92 Å². The third-order valence-electron chi connectivity index (χ3n) is 3.11. The fourth-order valence-corrected chi connectivity index (χ4v) is 2.96. The van der Waals surface area contributed by atoms with Crippen LogP contribution < -0.4 is 10.1 Å². The number of anilines is 1. The number of ether oxygens (including phenoxy) is 1. The monoisotopic (exact) mass is 486 g/mol. The Morgan fingerprint density at radius 2 is 2.04 bits per heavy atom. The van der Waals surface area contributed by atoms with Crippen LogP contribution >= 0.6 is 45.8 Å². The van der Waals surface area contributed by atoms with E-state index in [0.29, 0.717) is 22.3 Å². The molecule has 0 spiro atoms. The van der Waals surface area contributed by atoms with E-state index >= 15 is 0 Å². The standard InChI is InChI=1S/C18H13Cl2IN2O2/c1-2-25-17-6-3-11(8-16(17)21)7-12(10-22)18(24)23-13-4-5-14(19)15(20)9-13/h3-9H,2H2,1H3,(H,23,24)/b12-7+. The predicted molar refractivity (Wildman–Crippen MR) is 109 cm³/mol. The second-order valence-corrected chi connectivity index (χ2v) is 6.85. The lowest BCUT2D eigenvalue weighted by molar-refractivity contribution is -0.112. The maximum absolute atomic E-state index is 12.3. The molecule has 7 heteroatoms. The molecule has 2 aromatic rings. The molecule has 0 aliphatic heterocycles. The summed E-state index contributed by atoms with van der Waals surface area (Å²) in [5.41, 5.74) is 1.17. The highest BCUT2D eigenvalue weighted by atomic mass is 127. The SMILES string of the molecule is CCOc1ccc(/C=C(\C#N)C(=O)Nc2ccc(Cl)c(Cl)c2)cc1I. The Morgan fingerprint density at radius 1 is 1.28 bits per heavy atom.